The molecule has 1 N–H and O–H groups in total. The van der Waals surface area contributed by atoms with Gasteiger partial charge in [0, 0.05) is 24.1 Å². The van der Waals surface area contributed by atoms with Crippen molar-refractivity contribution in [2.75, 3.05) is 13.7 Å². The Morgan fingerprint density at radius 3 is 2.64 bits per heavy atom. The molecule has 0 unspecified atom stereocenters. The van der Waals surface area contributed by atoms with Crippen molar-refractivity contribution in [3.63, 3.8) is 0 Å². The zero-order chi connectivity index (χ0) is 25.4. The summed E-state index contributed by atoms with van der Waals surface area (Å²) in [4.78, 5) is 30.8. The van der Waals surface area contributed by atoms with Gasteiger partial charge in [-0.25, -0.2) is 9.78 Å². The number of hydrogen-bond acceptors (Lipinski definition) is 4. The average molecular weight is 490 g/mol. The number of aryl methyl sites for hydroxylation is 1. The maximum absolute atomic E-state index is 12.3. The van der Waals surface area contributed by atoms with Crippen molar-refractivity contribution >= 4 is 23.1 Å². The minimum Gasteiger partial charge on any atom is -0.481 e. The number of benzene rings is 2. The highest BCUT2D eigenvalue weighted by atomic mass is 16.5. The summed E-state index contributed by atoms with van der Waals surface area (Å²) in [5, 5.41) is 9.50. The lowest BCUT2D eigenvalue weighted by atomic mass is 9.81. The summed E-state index contributed by atoms with van der Waals surface area (Å²) < 4.78 is 7.39. The zero-order valence-corrected chi connectivity index (χ0v) is 21.4. The molecule has 0 radical (unpaired) electrons. The number of methoxy groups -OCH3 is 1. The molecule has 1 amide bonds. The predicted octanol–water partition coefficient (Wildman–Crippen LogP) is 5.63. The van der Waals surface area contributed by atoms with E-state index < -0.39 is 5.97 Å². The number of carbonyl (C=O) groups excluding carboxylic acids is 1. The summed E-state index contributed by atoms with van der Waals surface area (Å²) >= 11 is 0. The number of fused-ring (bicyclic) bond motifs is 3. The van der Waals surface area contributed by atoms with Crippen LogP contribution in [0.4, 0.5) is 4.79 Å². The van der Waals surface area contributed by atoms with Crippen molar-refractivity contribution in [2.24, 2.45) is 5.92 Å². The van der Waals surface area contributed by atoms with Crippen LogP contribution in [0, 0.1) is 12.8 Å². The number of amides is 1. The number of aliphatic carboxylic acids is 1. The molecule has 1 aliphatic carbocycles. The number of nitrogens with zero attached hydrogens (tertiary/aromatic N) is 3. The summed E-state index contributed by atoms with van der Waals surface area (Å²) in [7, 11) is 1.42. The van der Waals surface area contributed by atoms with Crippen molar-refractivity contribution in [1.29, 1.82) is 0 Å². The van der Waals surface area contributed by atoms with E-state index >= 15 is 0 Å². The number of hydrogen-bond donors (Lipinski definition) is 1. The molecule has 0 spiro atoms. The Balaban J connectivity index is 1.57. The van der Waals surface area contributed by atoms with Gasteiger partial charge in [0.1, 0.15) is 5.82 Å². The van der Waals surface area contributed by atoms with Crippen molar-refractivity contribution in [3.8, 4) is 0 Å². The number of imidazole rings is 1. The maximum atomic E-state index is 12.3. The minimum atomic E-state index is -0.688. The van der Waals surface area contributed by atoms with Gasteiger partial charge < -0.3 is 19.3 Å². The molecule has 0 bridgehead atoms. The highest BCUT2D eigenvalue weighted by Crippen LogP contribution is 2.40. The molecule has 7 heteroatoms. The Bertz CT molecular complexity index is 1290. The SMILES string of the molecule is COC(=O)N1CCc2ccc3c(nc([C@H]4CC[C@H](C(=O)O)CC4)n3[C@@H](C)Cc3cccc(C)c3)c2C1. The second-order valence-corrected chi connectivity index (χ2v) is 10.5. The summed E-state index contributed by atoms with van der Waals surface area (Å²) in [6, 6.07) is 13.2. The number of carbonyl (C=O) groups is 2. The van der Waals surface area contributed by atoms with Crippen LogP contribution in [0.1, 0.15) is 72.6 Å². The first-order valence-electron chi connectivity index (χ1n) is 13.0. The molecule has 3 aromatic rings. The number of rotatable bonds is 5. The molecule has 7 nitrogen and oxygen atoms in total. The zero-order valence-electron chi connectivity index (χ0n) is 21.4. The third-order valence-electron chi connectivity index (χ3n) is 8.02. The van der Waals surface area contributed by atoms with Crippen LogP contribution in [-0.4, -0.2) is 45.3 Å². The second kappa shape index (κ2) is 9.96. The smallest absolute Gasteiger partial charge is 0.409 e. The summed E-state index contributed by atoms with van der Waals surface area (Å²) in [5.41, 5.74) is 6.94. The van der Waals surface area contributed by atoms with E-state index in [9.17, 15) is 14.7 Å². The molecular formula is C29H35N3O4. The molecule has 1 atom stereocenters. The van der Waals surface area contributed by atoms with Crippen LogP contribution in [0.25, 0.3) is 11.0 Å². The summed E-state index contributed by atoms with van der Waals surface area (Å²) in [6.07, 6.45) is 4.38. The van der Waals surface area contributed by atoms with Gasteiger partial charge in [0.05, 0.1) is 30.6 Å². The molecule has 2 aliphatic rings. The van der Waals surface area contributed by atoms with Crippen LogP contribution in [0.15, 0.2) is 36.4 Å². The number of carboxylic acid groups (broad SMARTS) is 1. The lowest BCUT2D eigenvalue weighted by Gasteiger charge is -2.28. The van der Waals surface area contributed by atoms with Crippen molar-refractivity contribution in [1.82, 2.24) is 14.5 Å². The number of carboxylic acids is 1. The molecule has 190 valence electrons. The fourth-order valence-electron chi connectivity index (χ4n) is 6.12. The Hall–Kier alpha value is -3.35. The Kier molecular flexibility index (Phi) is 6.73. The molecule has 0 saturated heterocycles. The second-order valence-electron chi connectivity index (χ2n) is 10.5. The third-order valence-corrected chi connectivity index (χ3v) is 8.02. The Morgan fingerprint density at radius 2 is 1.94 bits per heavy atom. The molecular weight excluding hydrogens is 454 g/mol. The van der Waals surface area contributed by atoms with Gasteiger partial charge in [-0.15, -0.1) is 0 Å². The monoisotopic (exact) mass is 489 g/mol. The first-order chi connectivity index (χ1) is 17.4. The molecule has 1 saturated carbocycles. The molecule has 2 heterocycles. The third kappa shape index (κ3) is 4.59. The largest absolute Gasteiger partial charge is 0.481 e. The standard InChI is InChI=1S/C29H35N3O4/c1-18-5-4-6-20(15-18)16-19(2)32-25-12-11-21-13-14-31(29(35)36-3)17-24(21)26(25)30-27(32)22-7-9-23(10-8-22)28(33)34/h4-6,11-12,15,19,22-23H,7-10,13-14,16-17H2,1-3H3,(H,33,34)/t19-,22-,23-/m0/s1. The topological polar surface area (TPSA) is 84.7 Å². The summed E-state index contributed by atoms with van der Waals surface area (Å²) in [6.45, 7) is 5.50. The van der Waals surface area contributed by atoms with Crippen LogP contribution >= 0.6 is 0 Å². The highest BCUT2D eigenvalue weighted by molar-refractivity contribution is 5.82. The van der Waals surface area contributed by atoms with Gasteiger partial charge in [-0.05, 0) is 69.6 Å². The van der Waals surface area contributed by atoms with E-state index in [1.54, 1.807) is 4.90 Å². The molecule has 1 aliphatic heterocycles. The average Bonchev–Trinajstić information content (AvgIpc) is 3.28. The first kappa shape index (κ1) is 24.3. The fraction of sp³-hybridized carbons (Fsp3) is 0.483. The van der Waals surface area contributed by atoms with Crippen molar-refractivity contribution < 1.29 is 19.4 Å². The quantitative estimate of drug-likeness (QED) is 0.502. The first-order valence-corrected chi connectivity index (χ1v) is 13.0. The molecule has 1 fully saturated rings. The van der Waals surface area contributed by atoms with E-state index in [1.165, 1.54) is 23.8 Å². The molecule has 36 heavy (non-hydrogen) atoms. The lowest BCUT2D eigenvalue weighted by molar-refractivity contribution is -0.142. The molecule has 1 aromatic heterocycles. The highest BCUT2D eigenvalue weighted by Gasteiger charge is 2.32. The molecule has 2 aromatic carbocycles. The van der Waals surface area contributed by atoms with E-state index in [1.807, 2.05) is 0 Å². The van der Waals surface area contributed by atoms with Gasteiger partial charge in [0.2, 0.25) is 0 Å². The van der Waals surface area contributed by atoms with Crippen LogP contribution in [0.5, 0.6) is 0 Å². The van der Waals surface area contributed by atoms with Crippen molar-refractivity contribution in [2.45, 2.75) is 70.9 Å². The van der Waals surface area contributed by atoms with Crippen LogP contribution in [-0.2, 0) is 28.9 Å². The van der Waals surface area contributed by atoms with Gasteiger partial charge in [-0.3, -0.25) is 4.79 Å². The van der Waals surface area contributed by atoms with Gasteiger partial charge in [0.25, 0.3) is 0 Å². The van der Waals surface area contributed by atoms with E-state index in [0.717, 1.165) is 48.1 Å². The maximum Gasteiger partial charge on any atom is 0.409 e. The van der Waals surface area contributed by atoms with E-state index in [2.05, 4.69) is 54.8 Å². The van der Waals surface area contributed by atoms with E-state index in [-0.39, 0.29) is 24.0 Å². The van der Waals surface area contributed by atoms with Crippen LogP contribution in [0.2, 0.25) is 0 Å². The number of ether oxygens (including phenoxy) is 1. The van der Waals surface area contributed by atoms with Crippen molar-refractivity contribution in [3.05, 3.63) is 64.5 Å². The van der Waals surface area contributed by atoms with Gasteiger partial charge in [-0.2, -0.15) is 0 Å². The fourth-order valence-corrected chi connectivity index (χ4v) is 6.12. The minimum absolute atomic E-state index is 0.183. The van der Waals surface area contributed by atoms with E-state index in [4.69, 9.17) is 9.72 Å². The Labute approximate surface area is 212 Å². The predicted molar refractivity (Wildman–Crippen MR) is 138 cm³/mol. The Morgan fingerprint density at radius 1 is 1.17 bits per heavy atom. The van der Waals surface area contributed by atoms with E-state index in [0.29, 0.717) is 25.9 Å². The lowest BCUT2D eigenvalue weighted by Crippen LogP contribution is -2.35. The number of aromatic nitrogens is 2. The molecule has 5 rings (SSSR count). The summed E-state index contributed by atoms with van der Waals surface area (Å²) in [5.74, 6) is 0.332. The van der Waals surface area contributed by atoms with Gasteiger partial charge >= 0.3 is 12.1 Å². The van der Waals surface area contributed by atoms with Crippen LogP contribution in [0.3, 0.4) is 0 Å². The normalized spacial score (nSPS) is 20.7. The van der Waals surface area contributed by atoms with Gasteiger partial charge in [-0.1, -0.05) is 35.9 Å². The van der Waals surface area contributed by atoms with Gasteiger partial charge in [0.15, 0.2) is 0 Å². The van der Waals surface area contributed by atoms with Crippen LogP contribution < -0.4 is 0 Å².